The van der Waals surface area contributed by atoms with Crippen LogP contribution >= 0.6 is 0 Å². The summed E-state index contributed by atoms with van der Waals surface area (Å²) >= 11 is 0. The van der Waals surface area contributed by atoms with Gasteiger partial charge in [-0.25, -0.2) is 14.5 Å². The van der Waals surface area contributed by atoms with Crippen molar-refractivity contribution in [2.24, 2.45) is 0 Å². The lowest BCUT2D eigenvalue weighted by molar-refractivity contribution is -0.137. The highest BCUT2D eigenvalue weighted by atomic mass is 19.4. The van der Waals surface area contributed by atoms with Crippen LogP contribution in [0, 0.1) is 0 Å². The molecule has 130 valence electrons. The Balaban J connectivity index is 1.59. The number of hydrogen-bond acceptors (Lipinski definition) is 4. The van der Waals surface area contributed by atoms with Gasteiger partial charge in [-0.15, -0.1) is 0 Å². The van der Waals surface area contributed by atoms with E-state index in [4.69, 9.17) is 0 Å². The van der Waals surface area contributed by atoms with Crippen LogP contribution < -0.4 is 11.0 Å². The largest absolute Gasteiger partial charge is 0.419 e. The summed E-state index contributed by atoms with van der Waals surface area (Å²) in [7, 11) is 0. The first-order valence-corrected chi connectivity index (χ1v) is 7.89. The molecular weight excluding hydrogens is 323 g/mol. The Kier molecular flexibility index (Phi) is 4.59. The van der Waals surface area contributed by atoms with E-state index >= 15 is 0 Å². The van der Waals surface area contributed by atoms with Crippen molar-refractivity contribution in [2.75, 3.05) is 11.9 Å². The van der Waals surface area contributed by atoms with Crippen LogP contribution in [0.3, 0.4) is 0 Å². The molecule has 0 saturated heterocycles. The van der Waals surface area contributed by atoms with Gasteiger partial charge in [-0.05, 0) is 31.4 Å². The molecule has 9 heteroatoms. The van der Waals surface area contributed by atoms with E-state index in [1.807, 2.05) is 0 Å². The highest BCUT2D eigenvalue weighted by molar-refractivity contribution is 5.45. The molecule has 2 aromatic rings. The molecule has 6 nitrogen and oxygen atoms in total. The van der Waals surface area contributed by atoms with E-state index in [-0.39, 0.29) is 18.1 Å². The fourth-order valence-electron chi connectivity index (χ4n) is 2.80. The summed E-state index contributed by atoms with van der Waals surface area (Å²) in [4.78, 5) is 15.9. The average molecular weight is 341 g/mol. The first-order chi connectivity index (χ1) is 11.5. The molecule has 0 spiro atoms. The first kappa shape index (κ1) is 16.5. The van der Waals surface area contributed by atoms with Gasteiger partial charge in [0.2, 0.25) is 0 Å². The van der Waals surface area contributed by atoms with E-state index < -0.39 is 11.7 Å². The average Bonchev–Trinajstić information content (AvgIpc) is 2.88. The second kappa shape index (κ2) is 6.66. The maximum absolute atomic E-state index is 12.9. The lowest BCUT2D eigenvalue weighted by Crippen LogP contribution is -2.27. The molecule has 1 aliphatic heterocycles. The van der Waals surface area contributed by atoms with E-state index in [0.717, 1.165) is 31.2 Å². The lowest BCUT2D eigenvalue weighted by Gasteiger charge is -2.12. The third-order valence-corrected chi connectivity index (χ3v) is 3.98. The van der Waals surface area contributed by atoms with E-state index in [2.05, 4.69) is 15.4 Å². The van der Waals surface area contributed by atoms with Gasteiger partial charge in [-0.3, -0.25) is 4.57 Å². The number of hydrogen-bond donors (Lipinski definition) is 1. The summed E-state index contributed by atoms with van der Waals surface area (Å²) in [5.41, 5.74) is -0.932. The topological polar surface area (TPSA) is 64.7 Å². The monoisotopic (exact) mass is 341 g/mol. The van der Waals surface area contributed by atoms with Gasteiger partial charge in [0, 0.05) is 32.3 Å². The zero-order valence-corrected chi connectivity index (χ0v) is 13.0. The van der Waals surface area contributed by atoms with Crippen molar-refractivity contribution >= 4 is 5.82 Å². The number of aryl methyl sites for hydroxylation is 2. The molecule has 2 aromatic heterocycles. The number of alkyl halides is 3. The zero-order valence-electron chi connectivity index (χ0n) is 13.0. The van der Waals surface area contributed by atoms with Crippen molar-refractivity contribution in [1.29, 1.82) is 0 Å². The van der Waals surface area contributed by atoms with Crippen LogP contribution in [0.15, 0.2) is 23.1 Å². The molecule has 0 aromatic carbocycles. The van der Waals surface area contributed by atoms with Crippen LogP contribution in [0.5, 0.6) is 0 Å². The number of fused-ring (bicyclic) bond motifs is 1. The quantitative estimate of drug-likeness (QED) is 0.848. The first-order valence-electron chi connectivity index (χ1n) is 7.89. The Morgan fingerprint density at radius 3 is 2.88 bits per heavy atom. The van der Waals surface area contributed by atoms with Gasteiger partial charge >= 0.3 is 11.9 Å². The minimum absolute atomic E-state index is 0.140. The van der Waals surface area contributed by atoms with Crippen LogP contribution in [0.25, 0.3) is 0 Å². The van der Waals surface area contributed by atoms with Gasteiger partial charge in [-0.1, -0.05) is 0 Å². The molecule has 0 unspecified atom stereocenters. The van der Waals surface area contributed by atoms with E-state index in [1.165, 1.54) is 16.9 Å². The normalized spacial score (nSPS) is 14.5. The molecule has 0 atom stereocenters. The number of anilines is 1. The Hall–Kier alpha value is -2.32. The van der Waals surface area contributed by atoms with Crippen molar-refractivity contribution in [3.63, 3.8) is 0 Å². The van der Waals surface area contributed by atoms with Gasteiger partial charge in [0.1, 0.15) is 11.6 Å². The van der Waals surface area contributed by atoms with Crippen LogP contribution in [0.1, 0.15) is 30.7 Å². The molecule has 24 heavy (non-hydrogen) atoms. The van der Waals surface area contributed by atoms with Gasteiger partial charge in [0.05, 0.1) is 5.56 Å². The Bertz CT molecular complexity index is 765. The predicted octanol–water partition coefficient (Wildman–Crippen LogP) is 2.30. The van der Waals surface area contributed by atoms with Gasteiger partial charge in [0.25, 0.3) is 0 Å². The Labute approximate surface area is 136 Å². The summed E-state index contributed by atoms with van der Waals surface area (Å²) in [6.07, 6.45) is 0.132. The van der Waals surface area contributed by atoms with E-state index in [9.17, 15) is 18.0 Å². The maximum atomic E-state index is 12.9. The minimum atomic E-state index is -4.45. The number of nitrogens with zero attached hydrogens (tertiary/aromatic N) is 4. The van der Waals surface area contributed by atoms with Crippen molar-refractivity contribution in [2.45, 2.75) is 44.9 Å². The molecule has 3 heterocycles. The minimum Gasteiger partial charge on any atom is -0.370 e. The SMILES string of the molecule is O=c1n(CCCNc2ncccc2C(F)(F)F)nc2n1CCCC2. The summed E-state index contributed by atoms with van der Waals surface area (Å²) in [5, 5.41) is 6.99. The van der Waals surface area contributed by atoms with E-state index in [0.29, 0.717) is 19.5 Å². The number of pyridine rings is 1. The van der Waals surface area contributed by atoms with Crippen LogP contribution in [0.4, 0.5) is 19.0 Å². The molecule has 0 saturated carbocycles. The molecule has 0 radical (unpaired) electrons. The van der Waals surface area contributed by atoms with Crippen LogP contribution in [-0.2, 0) is 25.7 Å². The predicted molar refractivity (Wildman–Crippen MR) is 81.8 cm³/mol. The van der Waals surface area contributed by atoms with Crippen molar-refractivity contribution in [1.82, 2.24) is 19.3 Å². The molecular formula is C15H18F3N5O. The molecule has 0 aliphatic carbocycles. The summed E-state index contributed by atoms with van der Waals surface area (Å²) in [6.45, 7) is 1.32. The number of nitrogens with one attached hydrogen (secondary N) is 1. The highest BCUT2D eigenvalue weighted by Gasteiger charge is 2.33. The third kappa shape index (κ3) is 3.44. The molecule has 1 aliphatic rings. The fourth-order valence-corrected chi connectivity index (χ4v) is 2.80. The molecule has 0 amide bonds. The van der Waals surface area contributed by atoms with Gasteiger partial charge in [-0.2, -0.15) is 18.3 Å². The van der Waals surface area contributed by atoms with Crippen molar-refractivity contribution < 1.29 is 13.2 Å². The zero-order chi connectivity index (χ0) is 17.2. The molecule has 3 rings (SSSR count). The highest BCUT2D eigenvalue weighted by Crippen LogP contribution is 2.33. The smallest absolute Gasteiger partial charge is 0.370 e. The summed E-state index contributed by atoms with van der Waals surface area (Å²) in [5.74, 6) is 0.602. The van der Waals surface area contributed by atoms with E-state index in [1.54, 1.807) is 4.57 Å². The standard InChI is InChI=1S/C15H18F3N5O/c16-15(17,18)11-5-3-7-19-13(11)20-8-4-10-23-14(24)22-9-2-1-6-12(22)21-23/h3,5,7H,1-2,4,6,8-10H2,(H,19,20). The van der Waals surface area contributed by atoms with Crippen molar-refractivity contribution in [3.8, 4) is 0 Å². The number of rotatable bonds is 5. The molecule has 0 bridgehead atoms. The molecule has 0 fully saturated rings. The van der Waals surface area contributed by atoms with Crippen LogP contribution in [0.2, 0.25) is 0 Å². The summed E-state index contributed by atoms with van der Waals surface area (Å²) in [6, 6.07) is 2.24. The Morgan fingerprint density at radius 2 is 2.12 bits per heavy atom. The number of aromatic nitrogens is 4. The second-order valence-electron chi connectivity index (χ2n) is 5.71. The summed E-state index contributed by atoms with van der Waals surface area (Å²) < 4.78 is 41.7. The van der Waals surface area contributed by atoms with Gasteiger partial charge < -0.3 is 5.32 Å². The van der Waals surface area contributed by atoms with Crippen LogP contribution in [-0.4, -0.2) is 25.9 Å². The van der Waals surface area contributed by atoms with Crippen molar-refractivity contribution in [3.05, 3.63) is 40.2 Å². The Morgan fingerprint density at radius 1 is 1.29 bits per heavy atom. The maximum Gasteiger partial charge on any atom is 0.419 e. The molecule has 1 N–H and O–H groups in total. The lowest BCUT2D eigenvalue weighted by atomic mass is 10.2. The second-order valence-corrected chi connectivity index (χ2v) is 5.71. The number of halogens is 3. The third-order valence-electron chi connectivity index (χ3n) is 3.98. The fraction of sp³-hybridized carbons (Fsp3) is 0.533. The van der Waals surface area contributed by atoms with Gasteiger partial charge in [0.15, 0.2) is 0 Å².